The topological polar surface area (TPSA) is 30.7 Å². The van der Waals surface area contributed by atoms with E-state index in [1.54, 1.807) is 0 Å². The predicted octanol–water partition coefficient (Wildman–Crippen LogP) is 16.7. The second-order valence-electron chi connectivity index (χ2n) is 16.8. The highest BCUT2D eigenvalue weighted by molar-refractivity contribution is 7.26. The molecule has 0 saturated carbocycles. The Bertz CT molecular complexity index is 4250. The predicted molar refractivity (Wildman–Crippen MR) is 273 cm³/mol. The molecule has 3 nitrogen and oxygen atoms in total. The second kappa shape index (κ2) is 13.7. The Labute approximate surface area is 371 Å². The lowest BCUT2D eigenvalue weighted by Crippen LogP contribution is -2.04. The molecule has 0 aliphatic carbocycles. The zero-order valence-corrected chi connectivity index (χ0v) is 35.3. The fraction of sp³-hybridized carbons (Fsp3) is 0. The van der Waals surface area contributed by atoms with Crippen LogP contribution in [0.15, 0.2) is 212 Å². The molecule has 14 aromatic rings. The number of thiophene rings is 1. The number of hydrogen-bond donors (Lipinski definition) is 0. The number of benzene rings is 11. The summed E-state index contributed by atoms with van der Waals surface area (Å²) in [7, 11) is 0. The summed E-state index contributed by atoms with van der Waals surface area (Å²) in [5.74, 6) is 0.647. The quantitative estimate of drug-likeness (QED) is 0.165. The van der Waals surface area contributed by atoms with E-state index in [-0.39, 0.29) is 0 Å². The lowest BCUT2D eigenvalue weighted by molar-refractivity contribution is 1.02. The molecule has 0 aliphatic heterocycles. The van der Waals surface area contributed by atoms with Gasteiger partial charge in [0.05, 0.1) is 22.2 Å². The molecule has 0 aliphatic rings. The van der Waals surface area contributed by atoms with E-state index < -0.39 is 0 Å². The summed E-state index contributed by atoms with van der Waals surface area (Å²) in [4.78, 5) is 11.1. The van der Waals surface area contributed by atoms with Crippen molar-refractivity contribution in [3.8, 4) is 39.5 Å². The number of nitrogens with zero attached hydrogens (tertiary/aromatic N) is 3. The normalized spacial score (nSPS) is 12.1. The van der Waals surface area contributed by atoms with Crippen LogP contribution in [-0.2, 0) is 0 Å². The summed E-state index contributed by atoms with van der Waals surface area (Å²) in [6.45, 7) is 0. The minimum Gasteiger partial charge on any atom is -0.277 e. The Kier molecular flexibility index (Phi) is 7.56. The highest BCUT2D eigenvalue weighted by Gasteiger charge is 2.24. The molecule has 0 bridgehead atoms. The molecule has 0 unspecified atom stereocenters. The monoisotopic (exact) mass is 829 g/mol. The summed E-state index contributed by atoms with van der Waals surface area (Å²) in [5.41, 5.74) is 9.75. The fourth-order valence-corrected chi connectivity index (χ4v) is 11.7. The van der Waals surface area contributed by atoms with Gasteiger partial charge in [0.15, 0.2) is 0 Å². The molecular weight excluding hydrogens is 795 g/mol. The van der Waals surface area contributed by atoms with E-state index in [0.29, 0.717) is 5.95 Å². The van der Waals surface area contributed by atoms with E-state index >= 15 is 0 Å². The lowest BCUT2D eigenvalue weighted by Gasteiger charge is -2.15. The highest BCUT2D eigenvalue weighted by Crippen LogP contribution is 2.47. The standard InChI is InChI=1S/C60H35N3S/c1-3-16-41-36(13-1)15-11-23-42(41)38-27-29-39(30-28-38)57-49-22-9-10-26-52(49)61-60(62-57)63-58-44(40-31-33-50-54(35-40)64-53-34-32-37-14-2-4-17-43(37)55(50)53)24-12-25-51(58)56-47-20-7-5-18-45(47)46-19-6-8-21-48(46)59(56)63/h1-35H. The van der Waals surface area contributed by atoms with Crippen LogP contribution in [0.25, 0.3) is 135 Å². The molecule has 11 aromatic carbocycles. The molecule has 14 rings (SSSR count). The van der Waals surface area contributed by atoms with Crippen LogP contribution in [0.5, 0.6) is 0 Å². The van der Waals surface area contributed by atoms with E-state index in [1.165, 1.54) is 85.2 Å². The number of aromatic nitrogens is 3. The van der Waals surface area contributed by atoms with Gasteiger partial charge < -0.3 is 0 Å². The van der Waals surface area contributed by atoms with Crippen LogP contribution in [-0.4, -0.2) is 14.5 Å². The van der Waals surface area contributed by atoms with Crippen molar-refractivity contribution in [2.75, 3.05) is 0 Å². The molecule has 3 aromatic heterocycles. The van der Waals surface area contributed by atoms with Gasteiger partial charge in [0.2, 0.25) is 5.95 Å². The first kappa shape index (κ1) is 35.4. The van der Waals surface area contributed by atoms with Crippen LogP contribution in [0.3, 0.4) is 0 Å². The number of fused-ring (bicyclic) bond motifs is 15. The van der Waals surface area contributed by atoms with Gasteiger partial charge in [-0.1, -0.05) is 194 Å². The zero-order valence-electron chi connectivity index (χ0n) is 34.5. The second-order valence-corrected chi connectivity index (χ2v) is 17.9. The molecule has 296 valence electrons. The van der Waals surface area contributed by atoms with Gasteiger partial charge in [-0.2, -0.15) is 0 Å². The van der Waals surface area contributed by atoms with Crippen molar-refractivity contribution in [3.05, 3.63) is 212 Å². The van der Waals surface area contributed by atoms with E-state index in [1.807, 2.05) is 11.3 Å². The average molecular weight is 830 g/mol. The maximum absolute atomic E-state index is 5.65. The molecule has 0 amide bonds. The van der Waals surface area contributed by atoms with Gasteiger partial charge in [-0.05, 0) is 72.6 Å². The Balaban J connectivity index is 1.06. The Morgan fingerprint density at radius 3 is 1.75 bits per heavy atom. The lowest BCUT2D eigenvalue weighted by atomic mass is 9.95. The number of hydrogen-bond acceptors (Lipinski definition) is 3. The van der Waals surface area contributed by atoms with Crippen LogP contribution in [0.4, 0.5) is 0 Å². The Hall–Kier alpha value is -8.18. The highest BCUT2D eigenvalue weighted by atomic mass is 32.1. The van der Waals surface area contributed by atoms with Crippen LogP contribution in [0.2, 0.25) is 0 Å². The van der Waals surface area contributed by atoms with Gasteiger partial charge in [-0.3, -0.25) is 4.57 Å². The molecule has 0 fully saturated rings. The minimum absolute atomic E-state index is 0.647. The Morgan fingerprint density at radius 2 is 0.922 bits per heavy atom. The van der Waals surface area contributed by atoms with Crippen LogP contribution in [0, 0.1) is 0 Å². The van der Waals surface area contributed by atoms with Crippen molar-refractivity contribution in [2.45, 2.75) is 0 Å². The SMILES string of the molecule is c1ccc2c(-c3ccc(-c4nc(-n5c6c(-c7ccc8c(c7)sc7ccc9ccccc9c78)cccc6c6c7ccccc7c7ccccc7c65)nc5ccccc45)cc3)cccc2c1. The molecule has 0 N–H and O–H groups in total. The number of para-hydroxylation sites is 2. The van der Waals surface area contributed by atoms with E-state index in [2.05, 4.69) is 217 Å². The van der Waals surface area contributed by atoms with Gasteiger partial charge in [-0.15, -0.1) is 11.3 Å². The summed E-state index contributed by atoms with van der Waals surface area (Å²) < 4.78 is 4.95. The Morgan fingerprint density at radius 1 is 0.328 bits per heavy atom. The van der Waals surface area contributed by atoms with Crippen molar-refractivity contribution in [3.63, 3.8) is 0 Å². The largest absolute Gasteiger partial charge is 0.277 e. The van der Waals surface area contributed by atoms with E-state index in [9.17, 15) is 0 Å². The molecule has 0 saturated heterocycles. The first-order valence-corrected chi connectivity index (χ1v) is 22.6. The van der Waals surface area contributed by atoms with Crippen molar-refractivity contribution in [1.29, 1.82) is 0 Å². The third-order valence-electron chi connectivity index (χ3n) is 13.4. The zero-order chi connectivity index (χ0) is 41.9. The maximum Gasteiger partial charge on any atom is 0.235 e. The first-order valence-electron chi connectivity index (χ1n) is 21.8. The average Bonchev–Trinajstić information content (AvgIpc) is 3.93. The van der Waals surface area contributed by atoms with Gasteiger partial charge >= 0.3 is 0 Å². The fourth-order valence-electron chi connectivity index (χ4n) is 10.5. The van der Waals surface area contributed by atoms with Crippen LogP contribution >= 0.6 is 11.3 Å². The molecule has 64 heavy (non-hydrogen) atoms. The first-order chi connectivity index (χ1) is 31.7. The minimum atomic E-state index is 0.647. The summed E-state index contributed by atoms with van der Waals surface area (Å²) in [6.07, 6.45) is 0. The smallest absolute Gasteiger partial charge is 0.235 e. The summed E-state index contributed by atoms with van der Waals surface area (Å²) in [5, 5.41) is 15.9. The third kappa shape index (κ3) is 5.15. The van der Waals surface area contributed by atoms with Crippen molar-refractivity contribution < 1.29 is 0 Å². The van der Waals surface area contributed by atoms with Crippen LogP contribution in [0.1, 0.15) is 0 Å². The van der Waals surface area contributed by atoms with Crippen molar-refractivity contribution >= 4 is 107 Å². The molecule has 3 heterocycles. The van der Waals surface area contributed by atoms with E-state index in [0.717, 1.165) is 44.3 Å². The van der Waals surface area contributed by atoms with Crippen LogP contribution < -0.4 is 0 Å². The third-order valence-corrected chi connectivity index (χ3v) is 14.5. The molecule has 4 heteroatoms. The summed E-state index contributed by atoms with van der Waals surface area (Å²) >= 11 is 1.87. The van der Waals surface area contributed by atoms with Crippen molar-refractivity contribution in [1.82, 2.24) is 14.5 Å². The van der Waals surface area contributed by atoms with E-state index in [4.69, 9.17) is 9.97 Å². The van der Waals surface area contributed by atoms with Gasteiger partial charge in [0.25, 0.3) is 0 Å². The maximum atomic E-state index is 5.65. The summed E-state index contributed by atoms with van der Waals surface area (Å²) in [6, 6.07) is 77.2. The van der Waals surface area contributed by atoms with Gasteiger partial charge in [0.1, 0.15) is 0 Å². The molecule has 0 atom stereocenters. The van der Waals surface area contributed by atoms with Gasteiger partial charge in [-0.25, -0.2) is 9.97 Å². The molecule has 0 radical (unpaired) electrons. The van der Waals surface area contributed by atoms with Gasteiger partial charge in [0, 0.05) is 52.8 Å². The molecule has 0 spiro atoms. The molecular formula is C60H35N3S. The van der Waals surface area contributed by atoms with Crippen molar-refractivity contribution in [2.24, 2.45) is 0 Å². The number of rotatable bonds is 4.